The molecule has 3 heterocycles. The molecule has 2 unspecified atom stereocenters. The minimum Gasteiger partial charge on any atom is -0.369 e. The summed E-state index contributed by atoms with van der Waals surface area (Å²) >= 11 is 0. The van der Waals surface area contributed by atoms with E-state index in [2.05, 4.69) is 30.0 Å². The number of amides is 2. The molecule has 232 valence electrons. The molecule has 0 spiro atoms. The highest BCUT2D eigenvalue weighted by Crippen LogP contribution is 2.38. The molecule has 2 amide bonds. The standard InChI is InChI=1S/C20H22N4O3S.C9H10N2O4S/c1-24(2)11-17-18(14-6-4-5-7-16(14)21-17)19-15-10-12(23-28(3,26)27)8-9-13(15)20(25)22-19;1-16(14,15)11-5-2-3-6-7(4-5)9(13)10-8(6)12/h4-10,19,21,23H,11H2,1-3H3,(H,22,25);2-4,9,11,13H,1H3,(H,10,12). The Labute approximate surface area is 254 Å². The number of carbonyl (C=O) groups excluding carboxylic acids is 2. The Morgan fingerprint density at radius 3 is 1.93 bits per heavy atom. The number of aliphatic hydroxyl groups is 1. The zero-order valence-electron chi connectivity index (χ0n) is 24.3. The maximum atomic E-state index is 12.6. The number of H-pyrrole nitrogens is 1. The van der Waals surface area contributed by atoms with E-state index >= 15 is 0 Å². The fourth-order valence-electron chi connectivity index (χ4n) is 5.34. The van der Waals surface area contributed by atoms with Crippen LogP contribution in [0, 0.1) is 0 Å². The third-order valence-corrected chi connectivity index (χ3v) is 8.15. The Kier molecular flexibility index (Phi) is 8.15. The number of carbonyl (C=O) groups is 2. The SMILES string of the molecule is CN(C)Cc1[nH]c2ccccc2c1C1NC(=O)c2ccc(NS(C)(=O)=O)cc21.CS(=O)(=O)Nc1ccc2c(c1)C(O)NC2=O. The van der Waals surface area contributed by atoms with Gasteiger partial charge >= 0.3 is 0 Å². The van der Waals surface area contributed by atoms with Gasteiger partial charge in [-0.05, 0) is 62.1 Å². The van der Waals surface area contributed by atoms with E-state index in [9.17, 15) is 31.5 Å². The van der Waals surface area contributed by atoms with E-state index in [0.29, 0.717) is 34.6 Å². The average Bonchev–Trinajstić information content (AvgIpc) is 3.52. The normalized spacial score (nSPS) is 17.4. The van der Waals surface area contributed by atoms with E-state index in [-0.39, 0.29) is 17.9 Å². The molecular weight excluding hydrogens is 608 g/mol. The topological polar surface area (TPSA) is 190 Å². The molecule has 0 saturated heterocycles. The first-order valence-electron chi connectivity index (χ1n) is 13.4. The van der Waals surface area contributed by atoms with Gasteiger partial charge in [0.15, 0.2) is 6.23 Å². The van der Waals surface area contributed by atoms with E-state index in [1.165, 1.54) is 18.2 Å². The van der Waals surface area contributed by atoms with Gasteiger partial charge in [0.1, 0.15) is 0 Å². The Hall–Kier alpha value is -4.44. The van der Waals surface area contributed by atoms with Crippen molar-refractivity contribution in [1.82, 2.24) is 20.5 Å². The van der Waals surface area contributed by atoms with E-state index in [1.807, 2.05) is 38.4 Å². The third-order valence-electron chi connectivity index (χ3n) is 6.94. The molecule has 0 saturated carbocycles. The smallest absolute Gasteiger partial charge is 0.253 e. The highest BCUT2D eigenvalue weighted by molar-refractivity contribution is 7.92. The molecular formula is C29H32N6O7S2. The average molecular weight is 641 g/mol. The molecule has 2 aliphatic heterocycles. The van der Waals surface area contributed by atoms with Crippen molar-refractivity contribution in [1.29, 1.82) is 0 Å². The number of anilines is 2. The minimum atomic E-state index is -3.41. The summed E-state index contributed by atoms with van der Waals surface area (Å²) < 4.78 is 50.0. The highest BCUT2D eigenvalue weighted by atomic mass is 32.2. The number of fused-ring (bicyclic) bond motifs is 3. The van der Waals surface area contributed by atoms with Crippen LogP contribution >= 0.6 is 0 Å². The Balaban J connectivity index is 0.000000204. The molecule has 6 N–H and O–H groups in total. The number of aromatic amines is 1. The quantitative estimate of drug-likeness (QED) is 0.177. The van der Waals surface area contributed by atoms with Crippen molar-refractivity contribution < 1.29 is 31.5 Å². The molecule has 6 rings (SSSR count). The summed E-state index contributed by atoms with van der Waals surface area (Å²) in [6.45, 7) is 0.687. The van der Waals surface area contributed by atoms with Gasteiger partial charge in [-0.2, -0.15) is 0 Å². The molecule has 0 aliphatic carbocycles. The maximum Gasteiger partial charge on any atom is 0.253 e. The summed E-state index contributed by atoms with van der Waals surface area (Å²) in [5.74, 6) is -0.527. The van der Waals surface area contributed by atoms with Gasteiger partial charge in [-0.3, -0.25) is 19.0 Å². The van der Waals surface area contributed by atoms with Crippen molar-refractivity contribution in [3.05, 3.63) is 94.2 Å². The molecule has 2 aliphatic rings. The molecule has 0 fully saturated rings. The second-order valence-corrected chi connectivity index (χ2v) is 14.4. The lowest BCUT2D eigenvalue weighted by Crippen LogP contribution is -2.22. The Bertz CT molecular complexity index is 2010. The first kappa shape index (κ1) is 31.0. The molecule has 4 aromatic rings. The van der Waals surface area contributed by atoms with Crippen molar-refractivity contribution in [3.63, 3.8) is 0 Å². The number of hydrogen-bond donors (Lipinski definition) is 6. The number of para-hydroxylation sites is 1. The van der Waals surface area contributed by atoms with E-state index in [4.69, 9.17) is 0 Å². The van der Waals surface area contributed by atoms with Crippen molar-refractivity contribution >= 4 is 54.1 Å². The molecule has 13 nitrogen and oxygen atoms in total. The zero-order chi connectivity index (χ0) is 32.0. The van der Waals surface area contributed by atoms with Gasteiger partial charge in [-0.15, -0.1) is 0 Å². The van der Waals surface area contributed by atoms with Crippen LogP contribution in [0.5, 0.6) is 0 Å². The van der Waals surface area contributed by atoms with Gasteiger partial charge in [0, 0.05) is 56.8 Å². The lowest BCUT2D eigenvalue weighted by Gasteiger charge is -2.17. The van der Waals surface area contributed by atoms with Gasteiger partial charge in [-0.25, -0.2) is 16.8 Å². The van der Waals surface area contributed by atoms with Crippen LogP contribution in [-0.2, 0) is 26.6 Å². The van der Waals surface area contributed by atoms with Crippen LogP contribution in [0.25, 0.3) is 10.9 Å². The summed E-state index contributed by atoms with van der Waals surface area (Å²) in [4.78, 5) is 29.4. The van der Waals surface area contributed by atoms with Gasteiger partial charge in [0.05, 0.1) is 18.6 Å². The summed E-state index contributed by atoms with van der Waals surface area (Å²) in [6, 6.07) is 17.0. The number of rotatable bonds is 7. The van der Waals surface area contributed by atoms with Crippen LogP contribution in [0.2, 0.25) is 0 Å². The molecule has 15 heteroatoms. The largest absolute Gasteiger partial charge is 0.369 e. The van der Waals surface area contributed by atoms with E-state index in [1.54, 1.807) is 18.2 Å². The Morgan fingerprint density at radius 2 is 1.34 bits per heavy atom. The van der Waals surface area contributed by atoms with Crippen LogP contribution in [0.1, 0.15) is 55.4 Å². The predicted octanol–water partition coefficient (Wildman–Crippen LogP) is 2.23. The minimum absolute atomic E-state index is 0.160. The van der Waals surface area contributed by atoms with Crippen LogP contribution in [0.15, 0.2) is 60.7 Å². The van der Waals surface area contributed by atoms with Crippen molar-refractivity contribution in [2.24, 2.45) is 0 Å². The predicted molar refractivity (Wildman–Crippen MR) is 167 cm³/mol. The lowest BCUT2D eigenvalue weighted by molar-refractivity contribution is 0.0849. The lowest BCUT2D eigenvalue weighted by atomic mass is 9.95. The van der Waals surface area contributed by atoms with Crippen LogP contribution in [-0.4, -0.2) is 70.2 Å². The second-order valence-electron chi connectivity index (χ2n) is 10.9. The number of sulfonamides is 2. The van der Waals surface area contributed by atoms with E-state index < -0.39 is 26.3 Å². The van der Waals surface area contributed by atoms with Crippen molar-refractivity contribution in [2.75, 3.05) is 36.1 Å². The molecule has 0 radical (unpaired) electrons. The monoisotopic (exact) mass is 640 g/mol. The zero-order valence-corrected chi connectivity index (χ0v) is 25.9. The second kappa shape index (κ2) is 11.6. The van der Waals surface area contributed by atoms with Crippen LogP contribution < -0.4 is 20.1 Å². The molecule has 0 bridgehead atoms. The summed E-state index contributed by atoms with van der Waals surface area (Å²) in [6.07, 6.45) is 1.06. The maximum absolute atomic E-state index is 12.6. The van der Waals surface area contributed by atoms with Gasteiger partial charge < -0.3 is 25.6 Å². The van der Waals surface area contributed by atoms with E-state index in [0.717, 1.165) is 40.2 Å². The summed E-state index contributed by atoms with van der Waals surface area (Å²) in [5.41, 5.74) is 5.84. The van der Waals surface area contributed by atoms with Crippen LogP contribution in [0.4, 0.5) is 11.4 Å². The molecule has 3 aromatic carbocycles. The van der Waals surface area contributed by atoms with Gasteiger partial charge in [0.25, 0.3) is 11.8 Å². The van der Waals surface area contributed by atoms with Crippen molar-refractivity contribution in [3.8, 4) is 0 Å². The summed E-state index contributed by atoms with van der Waals surface area (Å²) in [5, 5.41) is 15.9. The molecule has 2 atom stereocenters. The highest BCUT2D eigenvalue weighted by Gasteiger charge is 2.33. The number of aromatic nitrogens is 1. The fraction of sp³-hybridized carbons (Fsp3) is 0.241. The first-order valence-corrected chi connectivity index (χ1v) is 17.2. The van der Waals surface area contributed by atoms with Crippen molar-refractivity contribution in [2.45, 2.75) is 18.8 Å². The molecule has 1 aromatic heterocycles. The number of nitrogens with zero attached hydrogens (tertiary/aromatic N) is 1. The fourth-order valence-corrected chi connectivity index (χ4v) is 6.45. The van der Waals surface area contributed by atoms with Crippen LogP contribution in [0.3, 0.4) is 0 Å². The first-order chi connectivity index (χ1) is 20.6. The molecule has 44 heavy (non-hydrogen) atoms. The van der Waals surface area contributed by atoms with Gasteiger partial charge in [-0.1, -0.05) is 18.2 Å². The number of hydrogen-bond acceptors (Lipinski definition) is 8. The number of nitrogens with one attached hydrogen (secondary N) is 5. The van der Waals surface area contributed by atoms with Gasteiger partial charge in [0.2, 0.25) is 20.0 Å². The summed E-state index contributed by atoms with van der Waals surface area (Å²) in [7, 11) is -2.79. The Morgan fingerprint density at radius 1 is 0.795 bits per heavy atom. The number of aliphatic hydroxyl groups excluding tert-OH is 1. The third kappa shape index (κ3) is 6.70. The number of benzene rings is 3.